The summed E-state index contributed by atoms with van der Waals surface area (Å²) in [6.45, 7) is 2.92. The molecular weight excluding hydrogens is 302 g/mol. The van der Waals surface area contributed by atoms with Crippen molar-refractivity contribution in [2.45, 2.75) is 30.7 Å². The molecule has 9 heteroatoms. The van der Waals surface area contributed by atoms with E-state index >= 15 is 0 Å². The summed E-state index contributed by atoms with van der Waals surface area (Å²) < 4.78 is 34.9. The van der Waals surface area contributed by atoms with Crippen LogP contribution in [0.5, 0.6) is 0 Å². The summed E-state index contributed by atoms with van der Waals surface area (Å²) in [7, 11) is -4.00. The normalized spacial score (nSPS) is 16.3. The Morgan fingerprint density at radius 2 is 2.15 bits per heavy atom. The standard InChI is InChI=1S/C11H13N3O4S2/c1-3-11(2,10(15)16)14-20(17,18)8-6-4-5-7-9(8)13-19-12-7/h4-6,14H,3H2,1-2H3,(H,15,16). The lowest BCUT2D eigenvalue weighted by molar-refractivity contribution is -0.143. The fourth-order valence-corrected chi connectivity index (χ4v) is 3.82. The van der Waals surface area contributed by atoms with Gasteiger partial charge in [0.25, 0.3) is 0 Å². The van der Waals surface area contributed by atoms with Crippen molar-refractivity contribution in [2.24, 2.45) is 8.73 Å². The Bertz CT molecular complexity index is 738. The fraction of sp³-hybridized carbons (Fsp3) is 0.364. The summed E-state index contributed by atoms with van der Waals surface area (Å²) in [6, 6.07) is 4.57. The highest BCUT2D eigenvalue weighted by Gasteiger charge is 2.37. The lowest BCUT2D eigenvalue weighted by Gasteiger charge is -2.24. The first-order valence-corrected chi connectivity index (χ1v) is 8.00. The highest BCUT2D eigenvalue weighted by atomic mass is 32.2. The maximum Gasteiger partial charge on any atom is 0.324 e. The molecule has 20 heavy (non-hydrogen) atoms. The molecule has 1 unspecified atom stereocenters. The largest absolute Gasteiger partial charge is 0.480 e. The number of nitrogens with one attached hydrogen (secondary N) is 1. The van der Waals surface area contributed by atoms with Crippen LogP contribution in [0.3, 0.4) is 0 Å². The van der Waals surface area contributed by atoms with E-state index in [1.54, 1.807) is 19.1 Å². The highest BCUT2D eigenvalue weighted by molar-refractivity contribution is 7.89. The minimum Gasteiger partial charge on any atom is -0.480 e. The molecule has 0 saturated carbocycles. The van der Waals surface area contributed by atoms with Gasteiger partial charge in [0, 0.05) is 0 Å². The average molecular weight is 315 g/mol. The molecular formula is C11H13N3O4S2. The predicted octanol–water partition coefficient (Wildman–Crippen LogP) is 1.94. The molecule has 2 N–H and O–H groups in total. The third kappa shape index (κ3) is 2.51. The summed E-state index contributed by atoms with van der Waals surface area (Å²) in [5, 5.41) is 9.16. The number of benzene rings is 1. The lowest BCUT2D eigenvalue weighted by atomic mass is 10.0. The first-order valence-electron chi connectivity index (χ1n) is 5.79. The highest BCUT2D eigenvalue weighted by Crippen LogP contribution is 2.37. The average Bonchev–Trinajstić information content (AvgIpc) is 2.85. The molecule has 1 aromatic carbocycles. The number of sulfonamides is 1. The number of nitrogens with zero attached hydrogens (tertiary/aromatic N) is 2. The Labute approximate surface area is 120 Å². The molecule has 0 aromatic heterocycles. The van der Waals surface area contributed by atoms with E-state index in [2.05, 4.69) is 13.4 Å². The molecule has 0 aliphatic carbocycles. The minimum absolute atomic E-state index is 0.0651. The van der Waals surface area contributed by atoms with E-state index in [1.165, 1.54) is 13.0 Å². The molecule has 0 spiro atoms. The Hall–Kier alpha value is -1.58. The van der Waals surface area contributed by atoms with Gasteiger partial charge in [0.2, 0.25) is 10.0 Å². The van der Waals surface area contributed by atoms with Gasteiger partial charge in [-0.25, -0.2) is 8.42 Å². The van der Waals surface area contributed by atoms with Crippen molar-refractivity contribution in [3.05, 3.63) is 18.2 Å². The van der Waals surface area contributed by atoms with E-state index in [0.29, 0.717) is 5.69 Å². The van der Waals surface area contributed by atoms with Crippen molar-refractivity contribution >= 4 is 38.7 Å². The van der Waals surface area contributed by atoms with Gasteiger partial charge in [-0.15, -0.1) is 0 Å². The van der Waals surface area contributed by atoms with Gasteiger partial charge in [-0.2, -0.15) is 13.4 Å². The van der Waals surface area contributed by atoms with Gasteiger partial charge in [-0.1, -0.05) is 13.0 Å². The van der Waals surface area contributed by atoms with Crippen molar-refractivity contribution in [3.63, 3.8) is 0 Å². The van der Waals surface area contributed by atoms with Crippen LogP contribution in [0.1, 0.15) is 20.3 Å². The second-order valence-electron chi connectivity index (χ2n) is 4.48. The molecule has 1 heterocycles. The minimum atomic E-state index is -4.00. The van der Waals surface area contributed by atoms with Crippen molar-refractivity contribution in [1.29, 1.82) is 0 Å². The molecule has 1 atom stereocenters. The van der Waals surface area contributed by atoms with Gasteiger partial charge >= 0.3 is 5.97 Å². The van der Waals surface area contributed by atoms with Gasteiger partial charge in [-0.05, 0) is 25.5 Å². The van der Waals surface area contributed by atoms with Crippen LogP contribution < -0.4 is 4.72 Å². The summed E-state index contributed by atoms with van der Waals surface area (Å²) in [6.07, 6.45) is 0.118. The van der Waals surface area contributed by atoms with Crippen molar-refractivity contribution in [1.82, 2.24) is 4.72 Å². The van der Waals surface area contributed by atoms with E-state index < -0.39 is 21.5 Å². The zero-order valence-corrected chi connectivity index (χ0v) is 12.5. The van der Waals surface area contributed by atoms with E-state index in [4.69, 9.17) is 5.11 Å². The molecule has 1 aromatic rings. The first-order chi connectivity index (χ1) is 9.30. The molecule has 1 aliphatic rings. The van der Waals surface area contributed by atoms with E-state index in [1.807, 2.05) is 0 Å². The van der Waals surface area contributed by atoms with Crippen LogP contribution >= 0.6 is 0 Å². The molecule has 2 rings (SSSR count). The smallest absolute Gasteiger partial charge is 0.324 e. The van der Waals surface area contributed by atoms with Gasteiger partial charge in [0.1, 0.15) is 21.8 Å². The molecule has 108 valence electrons. The zero-order valence-electron chi connectivity index (χ0n) is 10.8. The van der Waals surface area contributed by atoms with Crippen molar-refractivity contribution in [3.8, 4) is 0 Å². The van der Waals surface area contributed by atoms with Crippen molar-refractivity contribution in [2.75, 3.05) is 0 Å². The predicted molar refractivity (Wildman–Crippen MR) is 74.6 cm³/mol. The maximum atomic E-state index is 12.4. The number of rotatable bonds is 5. The Kier molecular flexibility index (Phi) is 3.76. The second kappa shape index (κ2) is 5.08. The van der Waals surface area contributed by atoms with Crippen LogP contribution in [0.4, 0.5) is 11.4 Å². The summed E-state index contributed by atoms with van der Waals surface area (Å²) in [5.74, 6) is -1.23. The lowest BCUT2D eigenvalue weighted by Crippen LogP contribution is -2.51. The van der Waals surface area contributed by atoms with Gasteiger partial charge < -0.3 is 5.11 Å². The van der Waals surface area contributed by atoms with Crippen LogP contribution in [-0.4, -0.2) is 25.0 Å². The zero-order chi connectivity index (χ0) is 15.0. The van der Waals surface area contributed by atoms with Crippen LogP contribution in [-0.2, 0) is 26.2 Å². The van der Waals surface area contributed by atoms with E-state index in [9.17, 15) is 13.2 Å². The van der Waals surface area contributed by atoms with E-state index in [-0.39, 0.29) is 17.0 Å². The van der Waals surface area contributed by atoms with Crippen molar-refractivity contribution < 1.29 is 18.3 Å². The maximum absolute atomic E-state index is 12.4. The molecule has 0 bridgehead atoms. The van der Waals surface area contributed by atoms with E-state index in [0.717, 1.165) is 11.4 Å². The molecule has 1 aliphatic heterocycles. The van der Waals surface area contributed by atoms with Gasteiger partial charge in [0.05, 0.1) is 11.4 Å². The molecule has 7 nitrogen and oxygen atoms in total. The van der Waals surface area contributed by atoms with Gasteiger partial charge in [0.15, 0.2) is 0 Å². The molecule has 0 amide bonds. The third-order valence-electron chi connectivity index (χ3n) is 3.08. The Morgan fingerprint density at radius 1 is 1.45 bits per heavy atom. The topological polar surface area (TPSA) is 108 Å². The van der Waals surface area contributed by atoms with Crippen LogP contribution in [0.15, 0.2) is 31.8 Å². The molecule has 0 fully saturated rings. The van der Waals surface area contributed by atoms with Crippen LogP contribution in [0.25, 0.3) is 0 Å². The summed E-state index contributed by atoms with van der Waals surface area (Å²) in [4.78, 5) is 11.2. The number of hydrogen-bond donors (Lipinski definition) is 2. The Morgan fingerprint density at radius 3 is 2.75 bits per heavy atom. The second-order valence-corrected chi connectivity index (χ2v) is 6.66. The number of hydrogen-bond acceptors (Lipinski definition) is 5. The molecule has 0 saturated heterocycles. The van der Waals surface area contributed by atoms with Crippen LogP contribution in [0, 0.1) is 0 Å². The number of aliphatic carboxylic acids is 1. The quantitative estimate of drug-likeness (QED) is 0.878. The molecule has 0 radical (unpaired) electrons. The first kappa shape index (κ1) is 14.8. The SMILES string of the molecule is CCC(C)(NS(=O)(=O)c1cccc2c1N=S=N2)C(=O)O. The number of carboxylic acid groups (broad SMARTS) is 1. The fourth-order valence-electron chi connectivity index (χ4n) is 1.62. The van der Waals surface area contributed by atoms with Gasteiger partial charge in [-0.3, -0.25) is 4.79 Å². The third-order valence-corrected chi connectivity index (χ3v) is 5.25. The number of fused-ring (bicyclic) bond motifs is 1. The monoisotopic (exact) mass is 315 g/mol. The summed E-state index contributed by atoms with van der Waals surface area (Å²) >= 11 is 0.905. The summed E-state index contributed by atoms with van der Waals surface area (Å²) in [5.41, 5.74) is -0.856. The number of carbonyl (C=O) groups is 1. The van der Waals surface area contributed by atoms with Crippen LogP contribution in [0.2, 0.25) is 0 Å². The Balaban J connectivity index is 2.46. The number of carboxylic acids is 1.